The van der Waals surface area contributed by atoms with Gasteiger partial charge in [0.15, 0.2) is 5.78 Å². The number of hydrogen-bond donors (Lipinski definition) is 0. The number of fused-ring (bicyclic) bond motifs is 1. The minimum atomic E-state index is -0.241. The van der Waals surface area contributed by atoms with Gasteiger partial charge in [0, 0.05) is 11.1 Å². The Kier molecular flexibility index (Phi) is 4.03. The number of allylic oxidation sites excluding steroid dienone is 2. The van der Waals surface area contributed by atoms with Gasteiger partial charge in [-0.3, -0.25) is 19.3 Å². The highest BCUT2D eigenvalue weighted by Gasteiger charge is 2.47. The maximum absolute atomic E-state index is 12.5. The average molecular weight is 313 g/mol. The lowest BCUT2D eigenvalue weighted by atomic mass is 9.85. The number of likely N-dealkylation sites (tertiary alicyclic amines) is 1. The van der Waals surface area contributed by atoms with Crippen molar-refractivity contribution in [1.29, 1.82) is 0 Å². The van der Waals surface area contributed by atoms with Gasteiger partial charge in [-0.15, -0.1) is 0 Å². The van der Waals surface area contributed by atoms with Crippen molar-refractivity contribution in [3.05, 3.63) is 41.5 Å². The first-order valence-corrected chi connectivity index (χ1v) is 7.71. The lowest BCUT2D eigenvalue weighted by Gasteiger charge is -2.17. The number of ether oxygens (including phenoxy) is 1. The summed E-state index contributed by atoms with van der Waals surface area (Å²) in [6.45, 7) is 1.63. The molecular weight excluding hydrogens is 294 g/mol. The number of rotatable bonds is 4. The average Bonchev–Trinajstić information content (AvgIpc) is 2.80. The molecule has 0 N–H and O–H groups in total. The molecule has 1 aliphatic heterocycles. The van der Waals surface area contributed by atoms with Gasteiger partial charge < -0.3 is 4.74 Å². The fourth-order valence-corrected chi connectivity index (χ4v) is 3.32. The van der Waals surface area contributed by atoms with Gasteiger partial charge in [-0.1, -0.05) is 12.2 Å². The van der Waals surface area contributed by atoms with Crippen molar-refractivity contribution in [3.8, 4) is 5.75 Å². The summed E-state index contributed by atoms with van der Waals surface area (Å²) < 4.78 is 5.31. The number of benzene rings is 1. The number of nitrogens with zero attached hydrogens (tertiary/aromatic N) is 1. The maximum Gasteiger partial charge on any atom is 0.233 e. The first-order chi connectivity index (χ1) is 11.0. The van der Waals surface area contributed by atoms with Gasteiger partial charge in [-0.05, 0) is 38.0 Å². The SMILES string of the molecule is COc1ccc(C(C)=O)cc1CN1C(=O)[C@H]2CC=CC[C@H]2C1=O. The van der Waals surface area contributed by atoms with Crippen LogP contribution in [0.2, 0.25) is 0 Å². The Balaban J connectivity index is 1.90. The molecule has 0 spiro atoms. The molecule has 1 saturated heterocycles. The van der Waals surface area contributed by atoms with Crippen LogP contribution in [0.5, 0.6) is 5.75 Å². The van der Waals surface area contributed by atoms with E-state index in [-0.39, 0.29) is 36.0 Å². The molecule has 5 heteroatoms. The molecular formula is C18H19NO4. The fourth-order valence-electron chi connectivity index (χ4n) is 3.32. The Hall–Kier alpha value is -2.43. The molecule has 0 radical (unpaired) electrons. The zero-order valence-electron chi connectivity index (χ0n) is 13.2. The Morgan fingerprint density at radius 2 is 1.78 bits per heavy atom. The van der Waals surface area contributed by atoms with E-state index in [0.717, 1.165) is 0 Å². The number of imide groups is 1. The van der Waals surface area contributed by atoms with Gasteiger partial charge in [0.2, 0.25) is 11.8 Å². The van der Waals surface area contributed by atoms with Crippen molar-refractivity contribution in [2.75, 3.05) is 7.11 Å². The van der Waals surface area contributed by atoms with Crippen molar-refractivity contribution < 1.29 is 19.1 Å². The van der Waals surface area contributed by atoms with E-state index >= 15 is 0 Å². The van der Waals surface area contributed by atoms with Crippen LogP contribution in [0, 0.1) is 11.8 Å². The highest BCUT2D eigenvalue weighted by Crippen LogP contribution is 2.36. The minimum Gasteiger partial charge on any atom is -0.496 e. The first-order valence-electron chi connectivity index (χ1n) is 7.71. The van der Waals surface area contributed by atoms with E-state index in [1.54, 1.807) is 18.2 Å². The molecule has 23 heavy (non-hydrogen) atoms. The van der Waals surface area contributed by atoms with E-state index in [0.29, 0.717) is 29.7 Å². The van der Waals surface area contributed by atoms with Gasteiger partial charge in [-0.2, -0.15) is 0 Å². The third kappa shape index (κ3) is 2.67. The van der Waals surface area contributed by atoms with Crippen LogP contribution < -0.4 is 4.74 Å². The molecule has 0 saturated carbocycles. The predicted octanol–water partition coefficient (Wildman–Crippen LogP) is 2.35. The fraction of sp³-hybridized carbons (Fsp3) is 0.389. The second-order valence-electron chi connectivity index (χ2n) is 6.00. The van der Waals surface area contributed by atoms with Gasteiger partial charge in [0.05, 0.1) is 25.5 Å². The lowest BCUT2D eigenvalue weighted by Crippen LogP contribution is -2.30. The maximum atomic E-state index is 12.5. The molecule has 120 valence electrons. The number of ketones is 1. The Morgan fingerprint density at radius 3 is 2.30 bits per heavy atom. The van der Waals surface area contributed by atoms with E-state index in [2.05, 4.69) is 0 Å². The molecule has 2 atom stereocenters. The molecule has 5 nitrogen and oxygen atoms in total. The van der Waals surface area contributed by atoms with Gasteiger partial charge in [-0.25, -0.2) is 0 Å². The molecule has 0 bridgehead atoms. The highest BCUT2D eigenvalue weighted by molar-refractivity contribution is 6.05. The number of carbonyl (C=O) groups excluding carboxylic acids is 3. The van der Waals surface area contributed by atoms with Crippen LogP contribution in [0.25, 0.3) is 0 Å². The van der Waals surface area contributed by atoms with Crippen LogP contribution in [0.15, 0.2) is 30.4 Å². The number of Topliss-reactive ketones (excluding diaryl/α,β-unsaturated/α-hetero) is 1. The summed E-state index contributed by atoms with van der Waals surface area (Å²) in [7, 11) is 1.53. The highest BCUT2D eigenvalue weighted by atomic mass is 16.5. The van der Waals surface area contributed by atoms with Gasteiger partial charge in [0.25, 0.3) is 0 Å². The summed E-state index contributed by atoms with van der Waals surface area (Å²) in [4.78, 5) is 38.0. The van der Waals surface area contributed by atoms with Crippen LogP contribution in [0.3, 0.4) is 0 Å². The molecule has 0 unspecified atom stereocenters. The quantitative estimate of drug-likeness (QED) is 0.486. The Morgan fingerprint density at radius 1 is 1.17 bits per heavy atom. The smallest absolute Gasteiger partial charge is 0.233 e. The van der Waals surface area contributed by atoms with Crippen molar-refractivity contribution in [2.24, 2.45) is 11.8 Å². The second-order valence-corrected chi connectivity index (χ2v) is 6.00. The molecule has 0 aromatic heterocycles. The minimum absolute atomic E-state index is 0.0640. The topological polar surface area (TPSA) is 63.7 Å². The second kappa shape index (κ2) is 5.99. The first kappa shape index (κ1) is 15.5. The number of carbonyl (C=O) groups is 3. The standard InChI is InChI=1S/C18H19NO4/c1-11(20)12-7-8-16(23-2)13(9-12)10-19-17(21)14-5-3-4-6-15(14)18(19)22/h3-4,7-9,14-15H,5-6,10H2,1-2H3/t14-,15+. The van der Waals surface area contributed by atoms with Crippen LogP contribution in [-0.2, 0) is 16.1 Å². The van der Waals surface area contributed by atoms with E-state index in [1.165, 1.54) is 18.9 Å². The van der Waals surface area contributed by atoms with Gasteiger partial charge >= 0.3 is 0 Å². The molecule has 3 rings (SSSR count). The molecule has 1 fully saturated rings. The van der Waals surface area contributed by atoms with E-state index in [9.17, 15) is 14.4 Å². The molecule has 1 heterocycles. The summed E-state index contributed by atoms with van der Waals surface area (Å²) in [5, 5.41) is 0. The number of amides is 2. The van der Waals surface area contributed by atoms with E-state index < -0.39 is 0 Å². The predicted molar refractivity (Wildman–Crippen MR) is 83.9 cm³/mol. The van der Waals surface area contributed by atoms with Crippen LogP contribution in [0.1, 0.15) is 35.7 Å². The van der Waals surface area contributed by atoms with E-state index in [4.69, 9.17) is 4.74 Å². The lowest BCUT2D eigenvalue weighted by molar-refractivity contribution is -0.140. The molecule has 1 aliphatic carbocycles. The summed E-state index contributed by atoms with van der Waals surface area (Å²) in [5.74, 6) is -0.224. The monoisotopic (exact) mass is 313 g/mol. The summed E-state index contributed by atoms with van der Waals surface area (Å²) in [6.07, 6.45) is 5.17. The van der Waals surface area contributed by atoms with E-state index in [1.807, 2.05) is 12.2 Å². The summed E-state index contributed by atoms with van der Waals surface area (Å²) >= 11 is 0. The normalized spacial score (nSPS) is 23.1. The molecule has 2 aliphatic rings. The third-order valence-corrected chi connectivity index (χ3v) is 4.61. The molecule has 2 amide bonds. The Bertz CT molecular complexity index is 681. The van der Waals surface area contributed by atoms with Crippen molar-refractivity contribution >= 4 is 17.6 Å². The molecule has 1 aromatic rings. The van der Waals surface area contributed by atoms with Crippen LogP contribution in [0.4, 0.5) is 0 Å². The number of hydrogen-bond acceptors (Lipinski definition) is 4. The molecule has 1 aromatic carbocycles. The van der Waals surface area contributed by atoms with Crippen LogP contribution in [-0.4, -0.2) is 29.6 Å². The van der Waals surface area contributed by atoms with Crippen molar-refractivity contribution in [3.63, 3.8) is 0 Å². The number of methoxy groups -OCH3 is 1. The third-order valence-electron chi connectivity index (χ3n) is 4.61. The zero-order valence-corrected chi connectivity index (χ0v) is 13.2. The summed E-state index contributed by atoms with van der Waals surface area (Å²) in [6, 6.07) is 5.08. The summed E-state index contributed by atoms with van der Waals surface area (Å²) in [5.41, 5.74) is 1.22. The van der Waals surface area contributed by atoms with Crippen LogP contribution >= 0.6 is 0 Å². The van der Waals surface area contributed by atoms with Gasteiger partial charge in [0.1, 0.15) is 5.75 Å². The van der Waals surface area contributed by atoms with Crippen molar-refractivity contribution in [1.82, 2.24) is 4.90 Å². The Labute approximate surface area is 134 Å². The largest absolute Gasteiger partial charge is 0.496 e. The van der Waals surface area contributed by atoms with Crippen molar-refractivity contribution in [2.45, 2.75) is 26.3 Å². The zero-order chi connectivity index (χ0) is 16.6.